The molecule has 3 rings (SSSR count). The summed E-state index contributed by atoms with van der Waals surface area (Å²) in [7, 11) is 0. The number of hydrogen-bond acceptors (Lipinski definition) is 5. The first kappa shape index (κ1) is 17.8. The molecule has 2 aromatic rings. The van der Waals surface area contributed by atoms with E-state index in [-0.39, 0.29) is 11.9 Å². The summed E-state index contributed by atoms with van der Waals surface area (Å²) in [5.41, 5.74) is 1.76. The van der Waals surface area contributed by atoms with Gasteiger partial charge in [-0.1, -0.05) is 13.8 Å². The fourth-order valence-corrected chi connectivity index (χ4v) is 2.99. The van der Waals surface area contributed by atoms with Gasteiger partial charge in [-0.15, -0.1) is 0 Å². The van der Waals surface area contributed by atoms with E-state index in [0.717, 1.165) is 36.5 Å². The summed E-state index contributed by atoms with van der Waals surface area (Å²) in [6.07, 6.45) is 3.25. The highest BCUT2D eigenvalue weighted by Gasteiger charge is 2.18. The van der Waals surface area contributed by atoms with E-state index in [0.29, 0.717) is 32.1 Å². The third-order valence-corrected chi connectivity index (χ3v) is 4.39. The van der Waals surface area contributed by atoms with E-state index in [4.69, 9.17) is 4.74 Å². The predicted octanol–water partition coefficient (Wildman–Crippen LogP) is 1.47. The molecule has 2 N–H and O–H groups in total. The Kier molecular flexibility index (Phi) is 5.99. The van der Waals surface area contributed by atoms with Crippen molar-refractivity contribution in [2.24, 2.45) is 5.92 Å². The second-order valence-corrected chi connectivity index (χ2v) is 6.92. The van der Waals surface area contributed by atoms with E-state index in [9.17, 15) is 4.79 Å². The summed E-state index contributed by atoms with van der Waals surface area (Å²) >= 11 is 0. The van der Waals surface area contributed by atoms with Crippen molar-refractivity contribution in [2.75, 3.05) is 19.8 Å². The Balaban J connectivity index is 1.65. The van der Waals surface area contributed by atoms with Crippen LogP contribution in [0.1, 0.15) is 32.5 Å². The van der Waals surface area contributed by atoms with Crippen LogP contribution < -0.4 is 10.6 Å². The Morgan fingerprint density at radius 2 is 2.40 bits per heavy atom. The van der Waals surface area contributed by atoms with E-state index in [2.05, 4.69) is 39.0 Å². The molecule has 0 aromatic carbocycles. The van der Waals surface area contributed by atoms with Crippen molar-refractivity contribution in [3.8, 4) is 0 Å². The van der Waals surface area contributed by atoms with Gasteiger partial charge in [0.2, 0.25) is 5.91 Å². The molecule has 25 heavy (non-hydrogen) atoms. The topological polar surface area (TPSA) is 81.1 Å². The van der Waals surface area contributed by atoms with Crippen molar-refractivity contribution in [3.05, 3.63) is 24.2 Å². The summed E-state index contributed by atoms with van der Waals surface area (Å²) < 4.78 is 7.51. The maximum atomic E-state index is 12.2. The van der Waals surface area contributed by atoms with Gasteiger partial charge in [-0.3, -0.25) is 4.79 Å². The van der Waals surface area contributed by atoms with Gasteiger partial charge >= 0.3 is 0 Å². The van der Waals surface area contributed by atoms with Crippen LogP contribution >= 0.6 is 0 Å². The summed E-state index contributed by atoms with van der Waals surface area (Å²) in [5.74, 6) is 1.47. The van der Waals surface area contributed by atoms with Crippen molar-refractivity contribution in [1.29, 1.82) is 0 Å². The molecule has 136 valence electrons. The van der Waals surface area contributed by atoms with Gasteiger partial charge in [-0.25, -0.2) is 9.97 Å². The molecule has 0 unspecified atom stereocenters. The molecule has 3 heterocycles. The molecule has 0 saturated carbocycles. The van der Waals surface area contributed by atoms with Gasteiger partial charge in [-0.05, 0) is 24.5 Å². The third kappa shape index (κ3) is 4.76. The fraction of sp³-hybridized carbons (Fsp3) is 0.611. The minimum atomic E-state index is 0.0124. The van der Waals surface area contributed by atoms with Crippen LogP contribution in [0.2, 0.25) is 0 Å². The van der Waals surface area contributed by atoms with Crippen molar-refractivity contribution < 1.29 is 9.53 Å². The first-order valence-corrected chi connectivity index (χ1v) is 9.01. The molecule has 0 bridgehead atoms. The van der Waals surface area contributed by atoms with Gasteiger partial charge in [-0.2, -0.15) is 0 Å². The SMILES string of the molecule is CC(C)CCn1c(CNC(=O)C[C@@H]2COCCN2)nc2cccnc21. The van der Waals surface area contributed by atoms with Gasteiger partial charge < -0.3 is 19.9 Å². The average Bonchev–Trinajstić information content (AvgIpc) is 2.96. The Morgan fingerprint density at radius 3 is 3.16 bits per heavy atom. The molecule has 1 aliphatic heterocycles. The van der Waals surface area contributed by atoms with E-state index >= 15 is 0 Å². The highest BCUT2D eigenvalue weighted by atomic mass is 16.5. The van der Waals surface area contributed by atoms with Crippen LogP contribution in [0, 0.1) is 5.92 Å². The maximum absolute atomic E-state index is 12.2. The zero-order valence-electron chi connectivity index (χ0n) is 15.0. The molecule has 7 nitrogen and oxygen atoms in total. The molecule has 0 spiro atoms. The molecule has 7 heteroatoms. The molecular formula is C18H27N5O2. The predicted molar refractivity (Wildman–Crippen MR) is 96.1 cm³/mol. The van der Waals surface area contributed by atoms with E-state index in [1.165, 1.54) is 0 Å². The normalized spacial score (nSPS) is 18.0. The Morgan fingerprint density at radius 1 is 1.52 bits per heavy atom. The zero-order valence-corrected chi connectivity index (χ0v) is 15.0. The summed E-state index contributed by atoms with van der Waals surface area (Å²) in [5, 5.41) is 6.29. The number of ether oxygens (including phenoxy) is 1. The number of imidazole rings is 1. The lowest BCUT2D eigenvalue weighted by molar-refractivity contribution is -0.122. The first-order chi connectivity index (χ1) is 12.1. The van der Waals surface area contributed by atoms with E-state index < -0.39 is 0 Å². The number of pyridine rings is 1. The van der Waals surface area contributed by atoms with Crippen LogP contribution in [0.5, 0.6) is 0 Å². The van der Waals surface area contributed by atoms with E-state index in [1.807, 2.05) is 12.1 Å². The molecule has 1 aliphatic rings. The second kappa shape index (κ2) is 8.40. The fourth-order valence-electron chi connectivity index (χ4n) is 2.99. The van der Waals surface area contributed by atoms with Crippen LogP contribution in [0.4, 0.5) is 0 Å². The molecule has 0 radical (unpaired) electrons. The van der Waals surface area contributed by atoms with Gasteiger partial charge in [0.25, 0.3) is 0 Å². The number of carbonyl (C=O) groups excluding carboxylic acids is 1. The molecule has 2 aromatic heterocycles. The van der Waals surface area contributed by atoms with Crippen molar-refractivity contribution in [2.45, 2.75) is 45.8 Å². The number of aryl methyl sites for hydroxylation is 1. The Hall–Kier alpha value is -1.99. The summed E-state index contributed by atoms with van der Waals surface area (Å²) in [6.45, 7) is 7.78. The van der Waals surface area contributed by atoms with Crippen LogP contribution in [-0.2, 0) is 22.6 Å². The van der Waals surface area contributed by atoms with Gasteiger partial charge in [0.15, 0.2) is 5.65 Å². The van der Waals surface area contributed by atoms with Crippen LogP contribution in [-0.4, -0.2) is 46.2 Å². The number of hydrogen-bond donors (Lipinski definition) is 2. The number of nitrogens with one attached hydrogen (secondary N) is 2. The monoisotopic (exact) mass is 345 g/mol. The summed E-state index contributed by atoms with van der Waals surface area (Å²) in [6, 6.07) is 3.94. The lowest BCUT2D eigenvalue weighted by Crippen LogP contribution is -2.44. The lowest BCUT2D eigenvalue weighted by Gasteiger charge is -2.23. The minimum absolute atomic E-state index is 0.0124. The lowest BCUT2D eigenvalue weighted by atomic mass is 10.1. The number of rotatable bonds is 7. The Labute approximate surface area is 148 Å². The first-order valence-electron chi connectivity index (χ1n) is 9.01. The highest BCUT2D eigenvalue weighted by molar-refractivity contribution is 5.77. The van der Waals surface area contributed by atoms with Crippen molar-refractivity contribution in [1.82, 2.24) is 25.2 Å². The number of amides is 1. The molecule has 1 fully saturated rings. The minimum Gasteiger partial charge on any atom is -0.378 e. The smallest absolute Gasteiger partial charge is 0.222 e. The van der Waals surface area contributed by atoms with Gasteiger partial charge in [0, 0.05) is 31.7 Å². The summed E-state index contributed by atoms with van der Waals surface area (Å²) in [4.78, 5) is 21.3. The number of morpholine rings is 1. The number of aromatic nitrogens is 3. The number of fused-ring (bicyclic) bond motifs is 1. The molecule has 1 saturated heterocycles. The highest BCUT2D eigenvalue weighted by Crippen LogP contribution is 2.16. The van der Waals surface area contributed by atoms with Gasteiger partial charge in [0.05, 0.1) is 19.8 Å². The third-order valence-electron chi connectivity index (χ3n) is 4.39. The van der Waals surface area contributed by atoms with Crippen molar-refractivity contribution >= 4 is 17.1 Å². The molecule has 0 aliphatic carbocycles. The molecule has 1 atom stereocenters. The number of nitrogens with zero attached hydrogens (tertiary/aromatic N) is 3. The standard InChI is InChI=1S/C18H27N5O2/c1-13(2)5-8-23-16(22-15-4-3-6-20-18(15)23)11-21-17(24)10-14-12-25-9-7-19-14/h3-4,6,13-14,19H,5,7-12H2,1-2H3,(H,21,24)/t14-/m1/s1. The Bertz CT molecular complexity index is 707. The second-order valence-electron chi connectivity index (χ2n) is 6.92. The average molecular weight is 345 g/mol. The van der Waals surface area contributed by atoms with E-state index in [1.54, 1.807) is 6.20 Å². The maximum Gasteiger partial charge on any atom is 0.222 e. The van der Waals surface area contributed by atoms with Gasteiger partial charge in [0.1, 0.15) is 11.3 Å². The zero-order chi connectivity index (χ0) is 17.6. The van der Waals surface area contributed by atoms with Crippen LogP contribution in [0.25, 0.3) is 11.2 Å². The van der Waals surface area contributed by atoms with Crippen LogP contribution in [0.15, 0.2) is 18.3 Å². The van der Waals surface area contributed by atoms with Crippen molar-refractivity contribution in [3.63, 3.8) is 0 Å². The van der Waals surface area contributed by atoms with Crippen LogP contribution in [0.3, 0.4) is 0 Å². The number of carbonyl (C=O) groups is 1. The molecule has 1 amide bonds. The molecular weight excluding hydrogens is 318 g/mol. The quantitative estimate of drug-likeness (QED) is 0.794. The largest absolute Gasteiger partial charge is 0.378 e.